The molecule has 2 heteroatoms. The van der Waals surface area contributed by atoms with Crippen LogP contribution in [0.1, 0.15) is 11.1 Å². The summed E-state index contributed by atoms with van der Waals surface area (Å²) in [6, 6.07) is 17.5. The molecule has 0 unspecified atom stereocenters. The largest absolute Gasteiger partial charge is 0.280 e. The Bertz CT molecular complexity index is 591. The Balaban J connectivity index is 1.94. The number of rotatable bonds is 2. The van der Waals surface area contributed by atoms with Gasteiger partial charge in [-0.25, -0.2) is 0 Å². The third-order valence-corrected chi connectivity index (χ3v) is 2.66. The minimum atomic E-state index is 0.472. The molecular formula is C16H12ClN. The van der Waals surface area contributed by atoms with Gasteiger partial charge in [-0.05, 0) is 18.2 Å². The zero-order valence-corrected chi connectivity index (χ0v) is 10.6. The summed E-state index contributed by atoms with van der Waals surface area (Å²) in [6.45, 7) is 0.472. The van der Waals surface area contributed by atoms with Crippen molar-refractivity contribution in [1.29, 1.82) is 0 Å². The number of hydrogen-bond acceptors (Lipinski definition) is 1. The predicted octanol–water partition coefficient (Wildman–Crippen LogP) is 3.81. The number of hydrogen-bond donors (Lipinski definition) is 0. The molecule has 0 saturated heterocycles. The Hall–Kier alpha value is -2.04. The van der Waals surface area contributed by atoms with Crippen molar-refractivity contribution in [1.82, 2.24) is 0 Å². The van der Waals surface area contributed by atoms with Crippen molar-refractivity contribution in [2.24, 2.45) is 4.99 Å². The molecule has 0 spiro atoms. The molecule has 0 radical (unpaired) electrons. The first-order chi connectivity index (χ1) is 8.86. The maximum atomic E-state index is 6.01. The molecule has 0 amide bonds. The van der Waals surface area contributed by atoms with Crippen molar-refractivity contribution in [3.8, 4) is 11.8 Å². The summed E-state index contributed by atoms with van der Waals surface area (Å²) in [7, 11) is 0. The highest BCUT2D eigenvalue weighted by Crippen LogP contribution is 2.12. The first-order valence-electron chi connectivity index (χ1n) is 5.64. The molecule has 0 fully saturated rings. The first kappa shape index (κ1) is 12.4. The van der Waals surface area contributed by atoms with E-state index in [1.54, 1.807) is 6.21 Å². The van der Waals surface area contributed by atoms with Crippen LogP contribution in [0.3, 0.4) is 0 Å². The fraction of sp³-hybridized carbons (Fsp3) is 0.0625. The monoisotopic (exact) mass is 253 g/mol. The Labute approximate surface area is 112 Å². The lowest BCUT2D eigenvalue weighted by Gasteiger charge is -1.94. The van der Waals surface area contributed by atoms with Gasteiger partial charge in [-0.15, -0.1) is 0 Å². The van der Waals surface area contributed by atoms with E-state index >= 15 is 0 Å². The molecular weight excluding hydrogens is 242 g/mol. The zero-order valence-electron chi connectivity index (χ0n) is 9.81. The van der Waals surface area contributed by atoms with Gasteiger partial charge in [0.1, 0.15) is 6.54 Å². The zero-order chi connectivity index (χ0) is 12.6. The van der Waals surface area contributed by atoms with Gasteiger partial charge in [-0.2, -0.15) is 0 Å². The summed E-state index contributed by atoms with van der Waals surface area (Å²) in [5.74, 6) is 6.05. The second-order valence-electron chi connectivity index (χ2n) is 3.66. The Morgan fingerprint density at radius 2 is 1.72 bits per heavy atom. The topological polar surface area (TPSA) is 12.4 Å². The van der Waals surface area contributed by atoms with Crippen LogP contribution in [-0.4, -0.2) is 12.8 Å². The van der Waals surface area contributed by atoms with Crippen molar-refractivity contribution in [2.75, 3.05) is 6.54 Å². The van der Waals surface area contributed by atoms with Crippen LogP contribution in [0.25, 0.3) is 0 Å². The molecule has 88 valence electrons. The van der Waals surface area contributed by atoms with Gasteiger partial charge in [-0.3, -0.25) is 4.99 Å². The summed E-state index contributed by atoms with van der Waals surface area (Å²) in [5.41, 5.74) is 1.92. The van der Waals surface area contributed by atoms with E-state index in [-0.39, 0.29) is 0 Å². The van der Waals surface area contributed by atoms with Crippen LogP contribution >= 0.6 is 11.6 Å². The lowest BCUT2D eigenvalue weighted by atomic mass is 10.2. The van der Waals surface area contributed by atoms with Crippen molar-refractivity contribution in [2.45, 2.75) is 0 Å². The van der Waals surface area contributed by atoms with Crippen molar-refractivity contribution in [3.05, 3.63) is 70.7 Å². The summed E-state index contributed by atoms with van der Waals surface area (Å²) in [5, 5.41) is 0.706. The lowest BCUT2D eigenvalue weighted by molar-refractivity contribution is 1.30. The molecule has 0 bridgehead atoms. The van der Waals surface area contributed by atoms with Gasteiger partial charge in [0, 0.05) is 22.4 Å². The first-order valence-corrected chi connectivity index (χ1v) is 6.02. The molecule has 0 atom stereocenters. The lowest BCUT2D eigenvalue weighted by Crippen LogP contribution is -1.83. The van der Waals surface area contributed by atoms with Crippen LogP contribution < -0.4 is 0 Å². The van der Waals surface area contributed by atoms with E-state index in [0.717, 1.165) is 11.1 Å². The number of aliphatic imine (C=N–C) groups is 1. The third kappa shape index (κ3) is 3.76. The number of halogens is 1. The Morgan fingerprint density at radius 1 is 1.00 bits per heavy atom. The number of benzene rings is 2. The standard InChI is InChI=1S/C16H12ClN/c17-16-11-5-4-10-15(16)13-18-12-6-9-14-7-2-1-3-8-14/h1-5,7-8,10-11,13H,12H2. The minimum absolute atomic E-state index is 0.472. The van der Waals surface area contributed by atoms with E-state index < -0.39 is 0 Å². The molecule has 0 aliphatic carbocycles. The summed E-state index contributed by atoms with van der Waals surface area (Å²) >= 11 is 6.01. The molecule has 0 heterocycles. The summed E-state index contributed by atoms with van der Waals surface area (Å²) in [6.07, 6.45) is 1.75. The minimum Gasteiger partial charge on any atom is -0.280 e. The maximum absolute atomic E-state index is 6.01. The predicted molar refractivity (Wildman–Crippen MR) is 77.2 cm³/mol. The van der Waals surface area contributed by atoms with E-state index in [0.29, 0.717) is 11.6 Å². The SMILES string of the molecule is Clc1ccccc1C=NCC#Cc1ccccc1. The van der Waals surface area contributed by atoms with Crippen LogP contribution in [0.4, 0.5) is 0 Å². The van der Waals surface area contributed by atoms with E-state index in [9.17, 15) is 0 Å². The summed E-state index contributed by atoms with van der Waals surface area (Å²) < 4.78 is 0. The quantitative estimate of drug-likeness (QED) is 0.570. The molecule has 18 heavy (non-hydrogen) atoms. The molecule has 0 aliphatic rings. The Morgan fingerprint density at radius 3 is 2.50 bits per heavy atom. The molecule has 0 saturated carbocycles. The summed E-state index contributed by atoms with van der Waals surface area (Å²) in [4.78, 5) is 4.23. The van der Waals surface area contributed by atoms with Gasteiger partial charge in [0.15, 0.2) is 0 Å². The van der Waals surface area contributed by atoms with Crippen molar-refractivity contribution in [3.63, 3.8) is 0 Å². The molecule has 2 aromatic carbocycles. The average molecular weight is 254 g/mol. The van der Waals surface area contributed by atoms with Gasteiger partial charge in [0.2, 0.25) is 0 Å². The molecule has 0 aromatic heterocycles. The van der Waals surface area contributed by atoms with Crippen molar-refractivity contribution >= 4 is 17.8 Å². The fourth-order valence-electron chi connectivity index (χ4n) is 1.43. The molecule has 2 rings (SSSR count). The molecule has 1 nitrogen and oxygen atoms in total. The second-order valence-corrected chi connectivity index (χ2v) is 4.07. The average Bonchev–Trinajstić information content (AvgIpc) is 2.42. The van der Waals surface area contributed by atoms with Gasteiger partial charge in [0.05, 0.1) is 0 Å². The highest BCUT2D eigenvalue weighted by molar-refractivity contribution is 6.33. The van der Waals surface area contributed by atoms with Crippen molar-refractivity contribution < 1.29 is 0 Å². The van der Waals surface area contributed by atoms with E-state index in [1.807, 2.05) is 54.6 Å². The third-order valence-electron chi connectivity index (χ3n) is 2.31. The van der Waals surface area contributed by atoms with Gasteiger partial charge in [0.25, 0.3) is 0 Å². The fourth-order valence-corrected chi connectivity index (χ4v) is 1.62. The van der Waals surface area contributed by atoms with Gasteiger partial charge >= 0.3 is 0 Å². The van der Waals surface area contributed by atoms with E-state index in [4.69, 9.17) is 11.6 Å². The number of nitrogens with zero attached hydrogens (tertiary/aromatic N) is 1. The normalized spacial score (nSPS) is 10.1. The van der Waals surface area contributed by atoms with E-state index in [1.165, 1.54) is 0 Å². The highest BCUT2D eigenvalue weighted by atomic mass is 35.5. The second kappa shape index (κ2) is 6.64. The van der Waals surface area contributed by atoms with E-state index in [2.05, 4.69) is 16.8 Å². The van der Waals surface area contributed by atoms with Crippen LogP contribution in [0.5, 0.6) is 0 Å². The highest BCUT2D eigenvalue weighted by Gasteiger charge is 1.92. The van der Waals surface area contributed by atoms with Gasteiger partial charge in [-0.1, -0.05) is 59.8 Å². The smallest absolute Gasteiger partial charge is 0.100 e. The Kier molecular flexibility index (Phi) is 4.58. The van der Waals surface area contributed by atoms with Crippen LogP contribution in [0.2, 0.25) is 5.02 Å². The van der Waals surface area contributed by atoms with Crippen LogP contribution in [0, 0.1) is 11.8 Å². The van der Waals surface area contributed by atoms with Crippen LogP contribution in [-0.2, 0) is 0 Å². The molecule has 0 aliphatic heterocycles. The molecule has 0 N–H and O–H groups in total. The molecule has 2 aromatic rings. The van der Waals surface area contributed by atoms with Gasteiger partial charge < -0.3 is 0 Å². The maximum Gasteiger partial charge on any atom is 0.100 e. The van der Waals surface area contributed by atoms with Crippen LogP contribution in [0.15, 0.2) is 59.6 Å².